The van der Waals surface area contributed by atoms with Crippen molar-refractivity contribution in [3.8, 4) is 0 Å². The average molecular weight is 130 g/mol. The van der Waals surface area contributed by atoms with Gasteiger partial charge in [0.15, 0.2) is 10.4 Å². The fourth-order valence-electron chi connectivity index (χ4n) is 0.231. The summed E-state index contributed by atoms with van der Waals surface area (Å²) in [6.07, 6.45) is 0.406. The minimum Gasteiger partial charge on any atom is -0.450 e. The standard InChI is InChI=1S/C4H8NO2Si/c1-2-3-7-4(6)5-8/h2-3H2,1H3,(H,5,6). The van der Waals surface area contributed by atoms with Gasteiger partial charge in [-0.15, -0.1) is 0 Å². The van der Waals surface area contributed by atoms with Gasteiger partial charge in [0, 0.05) is 0 Å². The summed E-state index contributed by atoms with van der Waals surface area (Å²) in [5.41, 5.74) is 0. The van der Waals surface area contributed by atoms with Gasteiger partial charge >= 0.3 is 6.09 Å². The first kappa shape index (κ1) is 7.49. The van der Waals surface area contributed by atoms with Crippen LogP contribution in [-0.4, -0.2) is 23.1 Å². The molecule has 0 atom stereocenters. The maximum absolute atomic E-state index is 10.2. The zero-order valence-electron chi connectivity index (χ0n) is 4.73. The van der Waals surface area contributed by atoms with Crippen LogP contribution >= 0.6 is 0 Å². The van der Waals surface area contributed by atoms with Crippen LogP contribution in [0, 0.1) is 0 Å². The summed E-state index contributed by atoms with van der Waals surface area (Å²) in [5.74, 6) is 0. The number of amides is 1. The van der Waals surface area contributed by atoms with Gasteiger partial charge in [0.2, 0.25) is 0 Å². The van der Waals surface area contributed by atoms with Gasteiger partial charge in [-0.3, -0.25) is 0 Å². The van der Waals surface area contributed by atoms with E-state index in [1.54, 1.807) is 0 Å². The molecular weight excluding hydrogens is 122 g/mol. The van der Waals surface area contributed by atoms with Crippen molar-refractivity contribution in [1.82, 2.24) is 4.98 Å². The van der Waals surface area contributed by atoms with Crippen molar-refractivity contribution in [1.29, 1.82) is 0 Å². The van der Waals surface area contributed by atoms with Crippen molar-refractivity contribution >= 4 is 16.5 Å². The van der Waals surface area contributed by atoms with Gasteiger partial charge < -0.3 is 9.72 Å². The monoisotopic (exact) mass is 130 g/mol. The second-order valence-electron chi connectivity index (χ2n) is 1.26. The van der Waals surface area contributed by atoms with Crippen LogP contribution in [0.15, 0.2) is 0 Å². The molecule has 0 saturated carbocycles. The minimum absolute atomic E-state index is 0.441. The first-order chi connectivity index (χ1) is 3.81. The molecule has 0 aromatic heterocycles. The van der Waals surface area contributed by atoms with Gasteiger partial charge in [-0.1, -0.05) is 6.92 Å². The van der Waals surface area contributed by atoms with E-state index in [2.05, 4.69) is 20.1 Å². The third-order valence-electron chi connectivity index (χ3n) is 0.539. The first-order valence-corrected chi connectivity index (χ1v) is 2.90. The first-order valence-electron chi connectivity index (χ1n) is 2.40. The number of carbonyl (C=O) groups excluding carboxylic acids is 1. The Balaban J connectivity index is 2.99. The van der Waals surface area contributed by atoms with Gasteiger partial charge in [-0.2, -0.15) is 0 Å². The van der Waals surface area contributed by atoms with E-state index in [0.717, 1.165) is 6.42 Å². The van der Waals surface area contributed by atoms with Crippen molar-refractivity contribution in [3.05, 3.63) is 0 Å². The van der Waals surface area contributed by atoms with Crippen molar-refractivity contribution in [3.63, 3.8) is 0 Å². The highest BCUT2D eigenvalue weighted by molar-refractivity contribution is 6.12. The number of hydrogen-bond acceptors (Lipinski definition) is 2. The Labute approximate surface area is 51.9 Å². The molecule has 0 bridgehead atoms. The summed E-state index contributed by atoms with van der Waals surface area (Å²) in [4.78, 5) is 12.3. The predicted molar refractivity (Wildman–Crippen MR) is 30.5 cm³/mol. The van der Waals surface area contributed by atoms with E-state index in [-0.39, 0.29) is 0 Å². The van der Waals surface area contributed by atoms with Crippen molar-refractivity contribution < 1.29 is 9.53 Å². The number of rotatable bonds is 2. The summed E-state index contributed by atoms with van der Waals surface area (Å²) in [6.45, 7) is 2.40. The number of carbonyl (C=O) groups is 1. The Bertz CT molecular complexity index is 76.4. The van der Waals surface area contributed by atoms with Crippen LogP contribution < -0.4 is 4.98 Å². The van der Waals surface area contributed by atoms with Crippen molar-refractivity contribution in [2.75, 3.05) is 6.61 Å². The lowest BCUT2D eigenvalue weighted by molar-refractivity contribution is 0.153. The van der Waals surface area contributed by atoms with Crippen LogP contribution in [0.25, 0.3) is 0 Å². The van der Waals surface area contributed by atoms with Crippen LogP contribution in [0.5, 0.6) is 0 Å². The lowest BCUT2D eigenvalue weighted by Gasteiger charge is -1.98. The summed E-state index contributed by atoms with van der Waals surface area (Å²) in [5, 5.41) is 0. The van der Waals surface area contributed by atoms with E-state index in [9.17, 15) is 4.79 Å². The fourth-order valence-corrected chi connectivity index (χ4v) is 0.303. The molecule has 0 aromatic rings. The molecule has 0 aliphatic carbocycles. The van der Waals surface area contributed by atoms with E-state index >= 15 is 0 Å². The normalized spacial score (nSPS) is 8.25. The SMILES string of the molecule is CCCOC(=O)N[Si]. The molecule has 0 unspecified atom stereocenters. The lowest BCUT2D eigenvalue weighted by atomic mass is 10.5. The van der Waals surface area contributed by atoms with Gasteiger partial charge in [0.05, 0.1) is 6.61 Å². The molecule has 45 valence electrons. The maximum Gasteiger partial charge on any atom is 0.398 e. The molecule has 0 saturated heterocycles. The molecule has 0 aliphatic heterocycles. The number of ether oxygens (including phenoxy) is 1. The van der Waals surface area contributed by atoms with Crippen LogP contribution in [0.1, 0.15) is 13.3 Å². The Morgan fingerprint density at radius 1 is 1.88 bits per heavy atom. The highest BCUT2D eigenvalue weighted by atomic mass is 28.2. The lowest BCUT2D eigenvalue weighted by Crippen LogP contribution is -2.20. The van der Waals surface area contributed by atoms with E-state index in [1.165, 1.54) is 0 Å². The molecule has 1 amide bonds. The molecule has 8 heavy (non-hydrogen) atoms. The topological polar surface area (TPSA) is 38.3 Å². The fraction of sp³-hybridized carbons (Fsp3) is 0.750. The Kier molecular flexibility index (Phi) is 4.34. The van der Waals surface area contributed by atoms with Crippen molar-refractivity contribution in [2.45, 2.75) is 13.3 Å². The summed E-state index contributed by atoms with van der Waals surface area (Å²) >= 11 is 0. The third kappa shape index (κ3) is 3.67. The molecule has 0 aromatic carbocycles. The van der Waals surface area contributed by atoms with Crippen LogP contribution in [0.4, 0.5) is 4.79 Å². The van der Waals surface area contributed by atoms with Gasteiger partial charge in [-0.25, -0.2) is 4.79 Å². The van der Waals surface area contributed by atoms with E-state index in [0.29, 0.717) is 6.61 Å². The second kappa shape index (κ2) is 4.64. The summed E-state index contributed by atoms with van der Waals surface area (Å²) < 4.78 is 4.54. The smallest absolute Gasteiger partial charge is 0.398 e. The summed E-state index contributed by atoms with van der Waals surface area (Å²) in [6, 6.07) is 0. The highest BCUT2D eigenvalue weighted by Gasteiger charge is 1.91. The van der Waals surface area contributed by atoms with Gasteiger partial charge in [0.1, 0.15) is 0 Å². The molecule has 0 heterocycles. The summed E-state index contributed by atoms with van der Waals surface area (Å²) in [7, 11) is 2.76. The zero-order chi connectivity index (χ0) is 6.41. The molecular formula is C4H8NO2Si. The van der Waals surface area contributed by atoms with E-state index in [1.807, 2.05) is 6.92 Å². The minimum atomic E-state index is -0.441. The van der Waals surface area contributed by atoms with Crippen LogP contribution in [0.3, 0.4) is 0 Å². The van der Waals surface area contributed by atoms with Gasteiger partial charge in [-0.05, 0) is 6.42 Å². The molecule has 3 radical (unpaired) electrons. The van der Waals surface area contributed by atoms with Gasteiger partial charge in [0.25, 0.3) is 0 Å². The van der Waals surface area contributed by atoms with Crippen LogP contribution in [0.2, 0.25) is 0 Å². The number of nitrogens with one attached hydrogen (secondary N) is 1. The maximum atomic E-state index is 10.2. The van der Waals surface area contributed by atoms with E-state index < -0.39 is 6.09 Å². The van der Waals surface area contributed by atoms with E-state index in [4.69, 9.17) is 0 Å². The Morgan fingerprint density at radius 3 is 2.88 bits per heavy atom. The predicted octanol–water partition coefficient (Wildman–Crippen LogP) is 0.206. The molecule has 0 spiro atoms. The third-order valence-corrected chi connectivity index (χ3v) is 0.743. The molecule has 0 aliphatic rings. The highest BCUT2D eigenvalue weighted by Crippen LogP contribution is 1.78. The molecule has 0 fully saturated rings. The molecule has 3 nitrogen and oxygen atoms in total. The Hall–Kier alpha value is -0.513. The number of hydrogen-bond donors (Lipinski definition) is 1. The quantitative estimate of drug-likeness (QED) is 0.542. The zero-order valence-corrected chi connectivity index (χ0v) is 5.73. The van der Waals surface area contributed by atoms with Crippen molar-refractivity contribution in [2.24, 2.45) is 0 Å². The largest absolute Gasteiger partial charge is 0.450 e. The Morgan fingerprint density at radius 2 is 2.50 bits per heavy atom. The average Bonchev–Trinajstić information content (AvgIpc) is 1.83. The molecule has 1 N–H and O–H groups in total. The molecule has 0 rings (SSSR count). The second-order valence-corrected chi connectivity index (χ2v) is 1.51. The van der Waals surface area contributed by atoms with Crippen LogP contribution in [-0.2, 0) is 4.74 Å². The molecule has 4 heteroatoms.